The summed E-state index contributed by atoms with van der Waals surface area (Å²) in [6.45, 7) is 1.83. The lowest BCUT2D eigenvalue weighted by Gasteiger charge is -2.25. The van der Waals surface area contributed by atoms with E-state index in [4.69, 9.17) is 16.3 Å². The summed E-state index contributed by atoms with van der Waals surface area (Å²) in [5.74, 6) is 0.778. The monoisotopic (exact) mass is 286 g/mol. The number of nitriles is 1. The van der Waals surface area contributed by atoms with Crippen molar-refractivity contribution in [3.8, 4) is 11.8 Å². The zero-order chi connectivity index (χ0) is 14.6. The van der Waals surface area contributed by atoms with E-state index < -0.39 is 5.54 Å². The molecule has 0 fully saturated rings. The summed E-state index contributed by atoms with van der Waals surface area (Å²) >= 11 is 5.88. The quantitative estimate of drug-likeness (QED) is 0.916. The van der Waals surface area contributed by atoms with Crippen molar-refractivity contribution in [2.24, 2.45) is 0 Å². The van der Waals surface area contributed by atoms with E-state index in [0.717, 1.165) is 17.0 Å². The lowest BCUT2D eigenvalue weighted by Crippen LogP contribution is -2.29. The molecule has 4 heteroatoms. The predicted octanol–water partition coefficient (Wildman–Crippen LogP) is 4.20. The number of ether oxygens (including phenoxy) is 1. The SMILES string of the molecule is COc1ccc(NC(C)(C#N)c2ccc(Cl)cc2)cc1. The molecule has 0 amide bonds. The van der Waals surface area contributed by atoms with Gasteiger partial charge in [0.05, 0.1) is 13.2 Å². The maximum atomic E-state index is 9.50. The number of benzene rings is 2. The highest BCUT2D eigenvalue weighted by molar-refractivity contribution is 6.30. The fourth-order valence-corrected chi connectivity index (χ4v) is 2.04. The van der Waals surface area contributed by atoms with Crippen LogP contribution in [0.25, 0.3) is 0 Å². The van der Waals surface area contributed by atoms with Gasteiger partial charge in [-0.3, -0.25) is 0 Å². The Morgan fingerprint density at radius 2 is 1.70 bits per heavy atom. The molecule has 0 bridgehead atoms. The molecule has 3 nitrogen and oxygen atoms in total. The van der Waals surface area contributed by atoms with Gasteiger partial charge in [-0.05, 0) is 48.9 Å². The fourth-order valence-electron chi connectivity index (χ4n) is 1.91. The molecule has 0 heterocycles. The van der Waals surface area contributed by atoms with Crippen LogP contribution in [0.15, 0.2) is 48.5 Å². The number of hydrogen-bond acceptors (Lipinski definition) is 3. The number of nitrogens with one attached hydrogen (secondary N) is 1. The summed E-state index contributed by atoms with van der Waals surface area (Å²) in [4.78, 5) is 0. The lowest BCUT2D eigenvalue weighted by molar-refractivity contribution is 0.415. The van der Waals surface area contributed by atoms with E-state index in [9.17, 15) is 5.26 Å². The van der Waals surface area contributed by atoms with Crippen LogP contribution >= 0.6 is 11.6 Å². The molecule has 1 atom stereocenters. The predicted molar refractivity (Wildman–Crippen MR) is 81.0 cm³/mol. The van der Waals surface area contributed by atoms with Crippen LogP contribution < -0.4 is 10.1 Å². The second kappa shape index (κ2) is 5.85. The molecule has 0 aliphatic carbocycles. The van der Waals surface area contributed by atoms with Gasteiger partial charge in [0.15, 0.2) is 0 Å². The molecule has 1 unspecified atom stereocenters. The van der Waals surface area contributed by atoms with Crippen molar-refractivity contribution in [2.45, 2.75) is 12.5 Å². The van der Waals surface area contributed by atoms with Crippen molar-refractivity contribution < 1.29 is 4.74 Å². The average Bonchev–Trinajstić information content (AvgIpc) is 2.48. The second-order valence-electron chi connectivity index (χ2n) is 4.60. The van der Waals surface area contributed by atoms with E-state index in [0.29, 0.717) is 5.02 Å². The van der Waals surface area contributed by atoms with E-state index in [1.54, 1.807) is 19.2 Å². The van der Waals surface area contributed by atoms with Crippen LogP contribution in [0.4, 0.5) is 5.69 Å². The highest BCUT2D eigenvalue weighted by Crippen LogP contribution is 2.27. The van der Waals surface area contributed by atoms with E-state index in [1.165, 1.54) is 0 Å². The first-order valence-electron chi connectivity index (χ1n) is 6.17. The van der Waals surface area contributed by atoms with Crippen molar-refractivity contribution in [3.63, 3.8) is 0 Å². The third-order valence-electron chi connectivity index (χ3n) is 3.13. The maximum absolute atomic E-state index is 9.50. The number of rotatable bonds is 4. The molecule has 0 saturated carbocycles. The molecule has 0 spiro atoms. The van der Waals surface area contributed by atoms with Gasteiger partial charge in [-0.25, -0.2) is 0 Å². The third kappa shape index (κ3) is 3.04. The van der Waals surface area contributed by atoms with E-state index in [-0.39, 0.29) is 0 Å². The van der Waals surface area contributed by atoms with Gasteiger partial charge in [-0.2, -0.15) is 5.26 Å². The summed E-state index contributed by atoms with van der Waals surface area (Å²) in [5.41, 5.74) is 0.893. The van der Waals surface area contributed by atoms with E-state index in [2.05, 4.69) is 11.4 Å². The Morgan fingerprint density at radius 1 is 1.10 bits per heavy atom. The Hall–Kier alpha value is -2.18. The minimum Gasteiger partial charge on any atom is -0.497 e. The standard InChI is InChI=1S/C16H15ClN2O/c1-16(11-18,12-3-5-13(17)6-4-12)19-14-7-9-15(20-2)10-8-14/h3-10,19H,1-2H3. The molecule has 2 aromatic rings. The van der Waals surface area contributed by atoms with Gasteiger partial charge in [-0.15, -0.1) is 0 Å². The molecule has 20 heavy (non-hydrogen) atoms. The zero-order valence-corrected chi connectivity index (χ0v) is 12.1. The van der Waals surface area contributed by atoms with Crippen LogP contribution in [-0.2, 0) is 5.54 Å². The Bertz CT molecular complexity index is 616. The van der Waals surface area contributed by atoms with Crippen LogP contribution in [0.3, 0.4) is 0 Å². The molecule has 102 valence electrons. The summed E-state index contributed by atoms with van der Waals surface area (Å²) in [5, 5.41) is 13.4. The van der Waals surface area contributed by atoms with Crippen molar-refractivity contribution in [1.29, 1.82) is 5.26 Å². The Morgan fingerprint density at radius 3 is 2.20 bits per heavy atom. The second-order valence-corrected chi connectivity index (χ2v) is 5.03. The van der Waals surface area contributed by atoms with Crippen LogP contribution in [0.1, 0.15) is 12.5 Å². The van der Waals surface area contributed by atoms with Gasteiger partial charge in [0.25, 0.3) is 0 Å². The largest absolute Gasteiger partial charge is 0.497 e. The first-order valence-corrected chi connectivity index (χ1v) is 6.55. The first-order chi connectivity index (χ1) is 9.57. The zero-order valence-electron chi connectivity index (χ0n) is 11.4. The summed E-state index contributed by atoms with van der Waals surface area (Å²) in [7, 11) is 1.62. The molecular weight excluding hydrogens is 272 g/mol. The molecule has 0 saturated heterocycles. The van der Waals surface area contributed by atoms with Gasteiger partial charge >= 0.3 is 0 Å². The molecule has 0 aliphatic heterocycles. The smallest absolute Gasteiger partial charge is 0.148 e. The van der Waals surface area contributed by atoms with Crippen molar-refractivity contribution >= 4 is 17.3 Å². The Balaban J connectivity index is 2.26. The van der Waals surface area contributed by atoms with Gasteiger partial charge < -0.3 is 10.1 Å². The highest BCUT2D eigenvalue weighted by atomic mass is 35.5. The van der Waals surface area contributed by atoms with Gasteiger partial charge in [-0.1, -0.05) is 23.7 Å². The molecule has 2 rings (SSSR count). The molecule has 0 radical (unpaired) electrons. The Labute approximate surface area is 123 Å². The van der Waals surface area contributed by atoms with Crippen molar-refractivity contribution in [1.82, 2.24) is 0 Å². The minimum atomic E-state index is -0.820. The fraction of sp³-hybridized carbons (Fsp3) is 0.188. The highest BCUT2D eigenvalue weighted by Gasteiger charge is 2.26. The Kier molecular flexibility index (Phi) is 4.16. The number of halogens is 1. The molecule has 0 aliphatic rings. The van der Waals surface area contributed by atoms with Crippen LogP contribution in [0, 0.1) is 11.3 Å². The number of methoxy groups -OCH3 is 1. The number of anilines is 1. The summed E-state index contributed by atoms with van der Waals surface area (Å²) in [6, 6.07) is 17.0. The number of hydrogen-bond donors (Lipinski definition) is 1. The lowest BCUT2D eigenvalue weighted by atomic mass is 9.93. The third-order valence-corrected chi connectivity index (χ3v) is 3.38. The first kappa shape index (κ1) is 14.2. The molecular formula is C16H15ClN2O. The van der Waals surface area contributed by atoms with Crippen LogP contribution in [0.2, 0.25) is 5.02 Å². The van der Waals surface area contributed by atoms with E-state index >= 15 is 0 Å². The van der Waals surface area contributed by atoms with Crippen LogP contribution in [0.5, 0.6) is 5.75 Å². The molecule has 2 aromatic carbocycles. The maximum Gasteiger partial charge on any atom is 0.148 e. The van der Waals surface area contributed by atoms with E-state index in [1.807, 2.05) is 43.3 Å². The topological polar surface area (TPSA) is 45.0 Å². The normalized spacial score (nSPS) is 13.1. The van der Waals surface area contributed by atoms with Crippen molar-refractivity contribution in [2.75, 3.05) is 12.4 Å². The summed E-state index contributed by atoms with van der Waals surface area (Å²) < 4.78 is 5.12. The van der Waals surface area contributed by atoms with Crippen LogP contribution in [-0.4, -0.2) is 7.11 Å². The van der Waals surface area contributed by atoms with Crippen molar-refractivity contribution in [3.05, 3.63) is 59.1 Å². The van der Waals surface area contributed by atoms with Gasteiger partial charge in [0, 0.05) is 10.7 Å². The average molecular weight is 287 g/mol. The summed E-state index contributed by atoms with van der Waals surface area (Å²) in [6.07, 6.45) is 0. The molecule has 0 aromatic heterocycles. The van der Waals surface area contributed by atoms with Gasteiger partial charge in [0.2, 0.25) is 0 Å². The van der Waals surface area contributed by atoms with Gasteiger partial charge in [0.1, 0.15) is 11.3 Å². The number of nitrogens with zero attached hydrogens (tertiary/aromatic N) is 1. The molecule has 1 N–H and O–H groups in total. The minimum absolute atomic E-state index is 0.651.